The van der Waals surface area contributed by atoms with Crippen LogP contribution >= 0.6 is 15.9 Å². The molecule has 0 bridgehead atoms. The Bertz CT molecular complexity index is 2530. The lowest BCUT2D eigenvalue weighted by Crippen LogP contribution is -2.25. The zero-order valence-electron chi connectivity index (χ0n) is 28.3. The molecule has 0 saturated heterocycles. The third-order valence-corrected chi connectivity index (χ3v) is 10.3. The zero-order chi connectivity index (χ0) is 34.8. The maximum atomic E-state index is 6.29. The van der Waals surface area contributed by atoms with Gasteiger partial charge in [0, 0.05) is 32.6 Å². The summed E-state index contributed by atoms with van der Waals surface area (Å²) in [6.45, 7) is 8.76. The van der Waals surface area contributed by atoms with Crippen molar-refractivity contribution in [1.29, 1.82) is 0 Å². The number of nitrogens with zero attached hydrogens (tertiary/aromatic N) is 7. The maximum absolute atomic E-state index is 6.29. The molecule has 0 amide bonds. The molecule has 2 aliphatic heterocycles. The number of halogens is 1. The lowest BCUT2D eigenvalue weighted by Gasteiger charge is -2.27. The molecule has 0 aliphatic carbocycles. The Morgan fingerprint density at radius 3 is 2.02 bits per heavy atom. The van der Waals surface area contributed by atoms with Crippen molar-refractivity contribution in [2.45, 2.75) is 39.8 Å². The van der Waals surface area contributed by atoms with Gasteiger partial charge >= 0.3 is 0 Å². The molecule has 254 valence electrons. The van der Waals surface area contributed by atoms with E-state index < -0.39 is 0 Å². The number of rotatable bonds is 4. The Morgan fingerprint density at radius 1 is 0.686 bits per heavy atom. The summed E-state index contributed by atoms with van der Waals surface area (Å²) >= 11 is 3.70. The molecule has 0 spiro atoms. The Morgan fingerprint density at radius 2 is 1.33 bits per heavy atom. The third kappa shape index (κ3) is 5.04. The van der Waals surface area contributed by atoms with Gasteiger partial charge in [-0.3, -0.25) is 9.67 Å². The van der Waals surface area contributed by atoms with Crippen LogP contribution in [-0.2, 0) is 0 Å². The van der Waals surface area contributed by atoms with Crippen molar-refractivity contribution in [3.8, 4) is 33.8 Å². The number of benzene rings is 3. The number of hydrogen-bond acceptors (Lipinski definition) is 9. The van der Waals surface area contributed by atoms with Crippen LogP contribution in [0.25, 0.3) is 44.1 Å². The van der Waals surface area contributed by atoms with Gasteiger partial charge in [0.15, 0.2) is 11.5 Å². The van der Waals surface area contributed by atoms with Crippen molar-refractivity contribution in [2.75, 3.05) is 13.2 Å². The smallest absolute Gasteiger partial charge is 0.153 e. The molecule has 51 heavy (non-hydrogen) atoms. The highest BCUT2D eigenvalue weighted by Crippen LogP contribution is 2.47. The molecule has 3 aromatic carbocycles. The summed E-state index contributed by atoms with van der Waals surface area (Å²) in [5.41, 5.74) is 9.75. The first kappa shape index (κ1) is 31.2. The van der Waals surface area contributed by atoms with E-state index in [4.69, 9.17) is 18.5 Å². The van der Waals surface area contributed by atoms with E-state index in [9.17, 15) is 0 Å². The molecule has 10 rings (SSSR count). The minimum absolute atomic E-state index is 0.0360. The summed E-state index contributed by atoms with van der Waals surface area (Å²) in [7, 11) is 0. The predicted octanol–water partition coefficient (Wildman–Crippen LogP) is 8.74. The first-order valence-corrected chi connectivity index (χ1v) is 17.5. The average Bonchev–Trinajstić information content (AvgIpc) is 3.95. The molecule has 0 fully saturated rings. The summed E-state index contributed by atoms with van der Waals surface area (Å²) in [5.74, 6) is 3.23. The Kier molecular flexibility index (Phi) is 7.50. The van der Waals surface area contributed by atoms with E-state index in [2.05, 4.69) is 76.4 Å². The van der Waals surface area contributed by atoms with Crippen LogP contribution in [0.3, 0.4) is 0 Å². The van der Waals surface area contributed by atoms with Gasteiger partial charge in [-0.05, 0) is 57.5 Å². The highest BCUT2D eigenvalue weighted by atomic mass is 79.9. The fraction of sp³-hybridized carbons (Fsp3) is 0.205. The van der Waals surface area contributed by atoms with Gasteiger partial charge in [0.25, 0.3) is 0 Å². The highest BCUT2D eigenvalue weighted by Gasteiger charge is 2.31. The first-order chi connectivity index (χ1) is 24.9. The molecule has 2 unspecified atom stereocenters. The van der Waals surface area contributed by atoms with E-state index in [0.29, 0.717) is 13.2 Å². The highest BCUT2D eigenvalue weighted by molar-refractivity contribution is 9.10. The standard InChI is InChI=1S/C20H16BrN3O2.C19H16N4O2/c1-11-18(12(2)26-23-11)14-8-16(21)15-9-22-24-17(10-25-20(14)19(15)24)13-6-4-3-5-7-13;1-11-17(12(2)25-22-11)14-7-6-13-9-21-23-16(10-24-19(14)18(13)23)15-5-3-4-8-20-15/h3-9,17H,10H2,1-2H3;3-9,16H,10H2,1-2H3. The van der Waals surface area contributed by atoms with Gasteiger partial charge in [-0.25, -0.2) is 4.68 Å². The van der Waals surface area contributed by atoms with E-state index in [1.54, 1.807) is 6.20 Å². The summed E-state index contributed by atoms with van der Waals surface area (Å²) in [6.07, 6.45) is 5.57. The van der Waals surface area contributed by atoms with Crippen LogP contribution < -0.4 is 9.47 Å². The number of aromatic nitrogens is 7. The molecule has 0 N–H and O–H groups in total. The van der Waals surface area contributed by atoms with E-state index >= 15 is 0 Å². The number of aryl methyl sites for hydroxylation is 4. The second-order valence-electron chi connectivity index (χ2n) is 12.8. The topological polar surface area (TPSA) is 119 Å². The molecular weight excluding hydrogens is 710 g/mol. The summed E-state index contributed by atoms with van der Waals surface area (Å²) in [6, 6.07) is 22.4. The number of pyridine rings is 1. The van der Waals surface area contributed by atoms with E-state index in [0.717, 1.165) is 88.6 Å². The molecule has 0 radical (unpaired) electrons. The lowest BCUT2D eigenvalue weighted by atomic mass is 9.99. The van der Waals surface area contributed by atoms with Crippen LogP contribution in [0.15, 0.2) is 98.8 Å². The van der Waals surface area contributed by atoms with Gasteiger partial charge in [0.2, 0.25) is 0 Å². The molecule has 5 aromatic heterocycles. The van der Waals surface area contributed by atoms with Gasteiger partial charge in [-0.2, -0.15) is 10.2 Å². The van der Waals surface area contributed by atoms with Crippen molar-refractivity contribution >= 4 is 37.7 Å². The molecule has 2 atom stereocenters. The molecule has 7 heterocycles. The van der Waals surface area contributed by atoms with E-state index in [1.807, 2.05) is 81.2 Å². The molecule has 0 saturated carbocycles. The predicted molar refractivity (Wildman–Crippen MR) is 195 cm³/mol. The van der Waals surface area contributed by atoms with Crippen molar-refractivity contribution in [3.63, 3.8) is 0 Å². The molecule has 12 heteroatoms. The second kappa shape index (κ2) is 12.2. The Hall–Kier alpha value is -5.75. The second-order valence-corrected chi connectivity index (χ2v) is 13.6. The van der Waals surface area contributed by atoms with Crippen LogP contribution in [0, 0.1) is 27.7 Å². The Labute approximate surface area is 300 Å². The number of hydrogen-bond donors (Lipinski definition) is 0. The summed E-state index contributed by atoms with van der Waals surface area (Å²) < 4.78 is 28.3. The minimum atomic E-state index is -0.0360. The molecule has 11 nitrogen and oxygen atoms in total. The fourth-order valence-corrected chi connectivity index (χ4v) is 7.83. The SMILES string of the molecule is Cc1noc(C)c1-c1cc(Br)c2cnn3c2c1OCC3c1ccccc1.Cc1noc(C)c1-c1ccc2cnn3c2c1OCC3c1ccccn1. The average molecular weight is 743 g/mol. The molecule has 2 aliphatic rings. The van der Waals surface area contributed by atoms with Crippen LogP contribution in [0.1, 0.15) is 46.2 Å². The van der Waals surface area contributed by atoms with E-state index in [1.165, 1.54) is 5.56 Å². The van der Waals surface area contributed by atoms with E-state index in [-0.39, 0.29) is 12.1 Å². The quantitative estimate of drug-likeness (QED) is 0.174. The van der Waals surface area contributed by atoms with Crippen molar-refractivity contribution in [2.24, 2.45) is 0 Å². The molecular formula is C39H32BrN7O4. The lowest BCUT2D eigenvalue weighted by molar-refractivity contribution is 0.247. The zero-order valence-corrected chi connectivity index (χ0v) is 29.9. The number of ether oxygens (including phenoxy) is 2. The van der Waals surface area contributed by atoms with Crippen molar-refractivity contribution in [3.05, 3.63) is 124 Å². The van der Waals surface area contributed by atoms with Gasteiger partial charge < -0.3 is 18.5 Å². The third-order valence-electron chi connectivity index (χ3n) is 9.68. The van der Waals surface area contributed by atoms with Gasteiger partial charge in [0.1, 0.15) is 47.9 Å². The summed E-state index contributed by atoms with van der Waals surface area (Å²) in [5, 5.41) is 19.5. The van der Waals surface area contributed by atoms with Crippen LogP contribution in [0.2, 0.25) is 0 Å². The van der Waals surface area contributed by atoms with Gasteiger partial charge in [0.05, 0.1) is 40.6 Å². The fourth-order valence-electron chi connectivity index (χ4n) is 7.31. The maximum Gasteiger partial charge on any atom is 0.153 e. The first-order valence-electron chi connectivity index (χ1n) is 16.7. The monoisotopic (exact) mass is 741 g/mol. The van der Waals surface area contributed by atoms with Crippen molar-refractivity contribution < 1.29 is 18.5 Å². The van der Waals surface area contributed by atoms with Crippen LogP contribution in [-0.4, -0.2) is 48.1 Å². The Balaban J connectivity index is 0.000000137. The largest absolute Gasteiger partial charge is 0.488 e. The summed E-state index contributed by atoms with van der Waals surface area (Å²) in [4.78, 5) is 4.48. The minimum Gasteiger partial charge on any atom is -0.488 e. The van der Waals surface area contributed by atoms with Gasteiger partial charge in [-0.15, -0.1) is 0 Å². The van der Waals surface area contributed by atoms with Gasteiger partial charge in [-0.1, -0.05) is 68.7 Å². The van der Waals surface area contributed by atoms with Crippen LogP contribution in [0.4, 0.5) is 0 Å². The normalized spacial score (nSPS) is 16.1. The van der Waals surface area contributed by atoms with Crippen LogP contribution in [0.5, 0.6) is 11.5 Å². The molecule has 8 aromatic rings. The van der Waals surface area contributed by atoms with Crippen molar-refractivity contribution in [1.82, 2.24) is 34.9 Å².